The van der Waals surface area contributed by atoms with Crippen molar-refractivity contribution in [3.63, 3.8) is 0 Å². The van der Waals surface area contributed by atoms with Gasteiger partial charge in [-0.3, -0.25) is 4.79 Å². The summed E-state index contributed by atoms with van der Waals surface area (Å²) in [5.74, 6) is 0.614. The second-order valence-corrected chi connectivity index (χ2v) is 5.93. The predicted molar refractivity (Wildman–Crippen MR) is 81.8 cm³/mol. The largest absolute Gasteiger partial charge is 0.312 e. The van der Waals surface area contributed by atoms with Gasteiger partial charge in [0.05, 0.1) is 0 Å². The highest BCUT2D eigenvalue weighted by molar-refractivity contribution is 5.96. The maximum Gasteiger partial charge on any atom is 0.230 e. The molecule has 1 aliphatic carbocycles. The number of para-hydroxylation sites is 1. The molecule has 3 heteroatoms. The van der Waals surface area contributed by atoms with Gasteiger partial charge in [0.25, 0.3) is 0 Å². The van der Waals surface area contributed by atoms with Gasteiger partial charge in [0, 0.05) is 24.2 Å². The molecule has 1 fully saturated rings. The molecule has 1 aromatic carbocycles. The lowest BCUT2D eigenvalue weighted by Gasteiger charge is -2.36. The fourth-order valence-corrected chi connectivity index (χ4v) is 3.64. The maximum atomic E-state index is 12.7. The molecule has 0 radical (unpaired) electrons. The Hall–Kier alpha value is -1.35. The minimum Gasteiger partial charge on any atom is -0.312 e. The average molecular weight is 272 g/mol. The molecule has 1 atom stereocenters. The van der Waals surface area contributed by atoms with Gasteiger partial charge in [0.2, 0.25) is 5.91 Å². The topological polar surface area (TPSA) is 32.3 Å². The number of rotatable bonds is 3. The number of carbonyl (C=O) groups excluding carboxylic acids is 1. The van der Waals surface area contributed by atoms with Crippen molar-refractivity contribution in [2.24, 2.45) is 5.92 Å². The number of amides is 1. The molecule has 3 rings (SSSR count). The standard InChI is InChI=1S/C17H24N2O/c1-2-18-15-11-12-19(16-10-6-5-9-14(15)16)17(20)13-7-3-4-8-13/h5-6,9-10,13,15,18H,2-4,7-8,11-12H2,1H3. The van der Waals surface area contributed by atoms with E-state index in [9.17, 15) is 4.79 Å². The molecule has 0 spiro atoms. The number of nitrogens with one attached hydrogen (secondary N) is 1. The van der Waals surface area contributed by atoms with Crippen molar-refractivity contribution in [3.8, 4) is 0 Å². The molecule has 0 bridgehead atoms. The first-order valence-electron chi connectivity index (χ1n) is 7.95. The molecule has 1 N–H and O–H groups in total. The minimum atomic E-state index is 0.263. The van der Waals surface area contributed by atoms with Gasteiger partial charge in [0.1, 0.15) is 0 Å². The molecule has 1 heterocycles. The van der Waals surface area contributed by atoms with E-state index < -0.39 is 0 Å². The van der Waals surface area contributed by atoms with Crippen LogP contribution in [0.4, 0.5) is 5.69 Å². The lowest BCUT2D eigenvalue weighted by atomic mass is 9.94. The first-order chi connectivity index (χ1) is 9.81. The molecule has 20 heavy (non-hydrogen) atoms. The first kappa shape index (κ1) is 13.6. The lowest BCUT2D eigenvalue weighted by Crippen LogP contribution is -2.42. The molecule has 1 aliphatic heterocycles. The van der Waals surface area contributed by atoms with E-state index in [1.54, 1.807) is 0 Å². The fourth-order valence-electron chi connectivity index (χ4n) is 3.64. The van der Waals surface area contributed by atoms with E-state index in [-0.39, 0.29) is 5.92 Å². The Morgan fingerprint density at radius 3 is 2.75 bits per heavy atom. The summed E-state index contributed by atoms with van der Waals surface area (Å²) in [6.45, 7) is 3.96. The molecule has 1 saturated carbocycles. The highest BCUT2D eigenvalue weighted by Gasteiger charge is 2.32. The summed E-state index contributed by atoms with van der Waals surface area (Å²) < 4.78 is 0. The first-order valence-corrected chi connectivity index (χ1v) is 7.95. The van der Waals surface area contributed by atoms with Crippen LogP contribution in [0.5, 0.6) is 0 Å². The number of anilines is 1. The van der Waals surface area contributed by atoms with Crippen molar-refractivity contribution in [2.45, 2.75) is 45.1 Å². The Morgan fingerprint density at radius 2 is 2.00 bits per heavy atom. The van der Waals surface area contributed by atoms with Crippen LogP contribution in [0.3, 0.4) is 0 Å². The van der Waals surface area contributed by atoms with E-state index in [0.29, 0.717) is 11.9 Å². The monoisotopic (exact) mass is 272 g/mol. The van der Waals surface area contributed by atoms with Gasteiger partial charge >= 0.3 is 0 Å². The van der Waals surface area contributed by atoms with Gasteiger partial charge in [-0.05, 0) is 37.4 Å². The Balaban J connectivity index is 1.86. The van der Waals surface area contributed by atoms with Crippen LogP contribution in [0, 0.1) is 5.92 Å². The van der Waals surface area contributed by atoms with Gasteiger partial charge in [-0.1, -0.05) is 38.0 Å². The number of hydrogen-bond acceptors (Lipinski definition) is 2. The number of fused-ring (bicyclic) bond motifs is 1. The molecule has 3 nitrogen and oxygen atoms in total. The van der Waals surface area contributed by atoms with Crippen LogP contribution in [0.2, 0.25) is 0 Å². The Morgan fingerprint density at radius 1 is 1.25 bits per heavy atom. The van der Waals surface area contributed by atoms with Gasteiger partial charge < -0.3 is 10.2 Å². The van der Waals surface area contributed by atoms with Crippen LogP contribution in [-0.2, 0) is 4.79 Å². The molecule has 108 valence electrons. The maximum absolute atomic E-state index is 12.7. The van der Waals surface area contributed by atoms with Gasteiger partial charge in [0.15, 0.2) is 0 Å². The fraction of sp³-hybridized carbons (Fsp3) is 0.588. The smallest absolute Gasteiger partial charge is 0.230 e. The van der Waals surface area contributed by atoms with Crippen molar-refractivity contribution in [2.75, 3.05) is 18.0 Å². The van der Waals surface area contributed by atoms with E-state index in [1.807, 2.05) is 11.0 Å². The minimum absolute atomic E-state index is 0.263. The van der Waals surface area contributed by atoms with E-state index in [2.05, 4.69) is 30.4 Å². The summed E-state index contributed by atoms with van der Waals surface area (Å²) in [5, 5.41) is 3.53. The second-order valence-electron chi connectivity index (χ2n) is 5.93. The molecular formula is C17H24N2O. The van der Waals surface area contributed by atoms with E-state index in [0.717, 1.165) is 38.0 Å². The van der Waals surface area contributed by atoms with Crippen molar-refractivity contribution >= 4 is 11.6 Å². The lowest BCUT2D eigenvalue weighted by molar-refractivity contribution is -0.122. The highest BCUT2D eigenvalue weighted by Crippen LogP contribution is 2.36. The van der Waals surface area contributed by atoms with Gasteiger partial charge in [-0.2, -0.15) is 0 Å². The summed E-state index contributed by atoms with van der Waals surface area (Å²) >= 11 is 0. The van der Waals surface area contributed by atoms with Crippen LogP contribution in [0.15, 0.2) is 24.3 Å². The van der Waals surface area contributed by atoms with Gasteiger partial charge in [-0.15, -0.1) is 0 Å². The zero-order valence-corrected chi connectivity index (χ0v) is 12.3. The third kappa shape index (κ3) is 2.47. The molecule has 1 aromatic rings. The van der Waals surface area contributed by atoms with Crippen molar-refractivity contribution in [3.05, 3.63) is 29.8 Å². The van der Waals surface area contributed by atoms with E-state index in [1.165, 1.54) is 18.4 Å². The highest BCUT2D eigenvalue weighted by atomic mass is 16.2. The summed E-state index contributed by atoms with van der Waals surface area (Å²) in [4.78, 5) is 14.8. The summed E-state index contributed by atoms with van der Waals surface area (Å²) in [6, 6.07) is 8.78. The third-order valence-corrected chi connectivity index (χ3v) is 4.67. The molecule has 0 saturated heterocycles. The Kier molecular flexibility index (Phi) is 4.06. The molecular weight excluding hydrogens is 248 g/mol. The van der Waals surface area contributed by atoms with E-state index in [4.69, 9.17) is 0 Å². The van der Waals surface area contributed by atoms with Crippen LogP contribution in [0.25, 0.3) is 0 Å². The second kappa shape index (κ2) is 5.96. The summed E-state index contributed by atoms with van der Waals surface area (Å²) in [7, 11) is 0. The summed E-state index contributed by atoms with van der Waals surface area (Å²) in [6.07, 6.45) is 5.60. The number of carbonyl (C=O) groups is 1. The number of hydrogen-bond donors (Lipinski definition) is 1. The predicted octanol–water partition coefficient (Wildman–Crippen LogP) is 3.26. The zero-order valence-electron chi connectivity index (χ0n) is 12.3. The summed E-state index contributed by atoms with van der Waals surface area (Å²) in [5.41, 5.74) is 2.41. The van der Waals surface area contributed by atoms with Crippen LogP contribution < -0.4 is 10.2 Å². The Labute approximate surface area is 121 Å². The van der Waals surface area contributed by atoms with Crippen molar-refractivity contribution in [1.29, 1.82) is 0 Å². The van der Waals surface area contributed by atoms with Crippen molar-refractivity contribution < 1.29 is 4.79 Å². The number of benzene rings is 1. The zero-order chi connectivity index (χ0) is 13.9. The molecule has 2 aliphatic rings. The molecule has 0 aromatic heterocycles. The third-order valence-electron chi connectivity index (χ3n) is 4.67. The number of nitrogens with zero attached hydrogens (tertiary/aromatic N) is 1. The molecule has 1 amide bonds. The van der Waals surface area contributed by atoms with Crippen LogP contribution in [-0.4, -0.2) is 19.0 Å². The van der Waals surface area contributed by atoms with Crippen LogP contribution >= 0.6 is 0 Å². The normalized spacial score (nSPS) is 22.9. The SMILES string of the molecule is CCNC1CCN(C(=O)C2CCCC2)c2ccccc21. The van der Waals surface area contributed by atoms with Crippen LogP contribution in [0.1, 0.15) is 50.6 Å². The Bertz CT molecular complexity index is 480. The van der Waals surface area contributed by atoms with Crippen molar-refractivity contribution in [1.82, 2.24) is 5.32 Å². The van der Waals surface area contributed by atoms with Gasteiger partial charge in [-0.25, -0.2) is 0 Å². The average Bonchev–Trinajstić information content (AvgIpc) is 3.01. The molecule has 1 unspecified atom stereocenters. The quantitative estimate of drug-likeness (QED) is 0.916. The van der Waals surface area contributed by atoms with E-state index >= 15 is 0 Å².